The molecule has 0 fully saturated rings. The van der Waals surface area contributed by atoms with Crippen molar-refractivity contribution >= 4 is 27.3 Å². The molecule has 2 aromatic carbocycles. The van der Waals surface area contributed by atoms with Gasteiger partial charge in [0.15, 0.2) is 0 Å². The van der Waals surface area contributed by atoms with Crippen LogP contribution in [0.25, 0.3) is 0 Å². The minimum atomic E-state index is -3.74. The van der Waals surface area contributed by atoms with Crippen LogP contribution >= 0.6 is 11.6 Å². The average Bonchev–Trinajstić information content (AvgIpc) is 2.36. The van der Waals surface area contributed by atoms with E-state index in [2.05, 4.69) is 4.72 Å². The van der Waals surface area contributed by atoms with E-state index >= 15 is 0 Å². The van der Waals surface area contributed by atoms with Crippen molar-refractivity contribution in [1.29, 1.82) is 0 Å². The number of halogens is 1. The molecule has 0 aromatic heterocycles. The van der Waals surface area contributed by atoms with Crippen molar-refractivity contribution in [3.8, 4) is 5.75 Å². The van der Waals surface area contributed by atoms with E-state index in [9.17, 15) is 13.5 Å². The zero-order valence-electron chi connectivity index (χ0n) is 11.0. The van der Waals surface area contributed by atoms with Gasteiger partial charge in [0, 0.05) is 11.1 Å². The van der Waals surface area contributed by atoms with E-state index in [0.717, 1.165) is 11.1 Å². The number of hydrogen-bond donors (Lipinski definition) is 2. The standard InChI is InChI=1S/C14H14ClNO3S/c1-9-3-5-12(7-10(9)2)20(18,19)16-13-6-4-11(15)8-14(13)17/h3-8,16-17H,1-2H3. The van der Waals surface area contributed by atoms with Crippen LogP contribution in [0.15, 0.2) is 41.3 Å². The maximum Gasteiger partial charge on any atom is 0.262 e. The van der Waals surface area contributed by atoms with E-state index in [4.69, 9.17) is 11.6 Å². The Hall–Kier alpha value is -1.72. The predicted molar refractivity (Wildman–Crippen MR) is 79.8 cm³/mol. The SMILES string of the molecule is Cc1ccc(S(=O)(=O)Nc2ccc(Cl)cc2O)cc1C. The van der Waals surface area contributed by atoms with Crippen molar-refractivity contribution in [2.24, 2.45) is 0 Å². The molecule has 2 aromatic rings. The molecule has 0 aliphatic rings. The lowest BCUT2D eigenvalue weighted by molar-refractivity contribution is 0.477. The van der Waals surface area contributed by atoms with Crippen molar-refractivity contribution in [1.82, 2.24) is 0 Å². The highest BCUT2D eigenvalue weighted by molar-refractivity contribution is 7.92. The van der Waals surface area contributed by atoms with Gasteiger partial charge in [0.05, 0.1) is 10.6 Å². The Kier molecular flexibility index (Phi) is 3.92. The van der Waals surface area contributed by atoms with Gasteiger partial charge in [-0.25, -0.2) is 8.42 Å². The van der Waals surface area contributed by atoms with Gasteiger partial charge >= 0.3 is 0 Å². The average molecular weight is 312 g/mol. The minimum Gasteiger partial charge on any atom is -0.506 e. The number of nitrogens with one attached hydrogen (secondary N) is 1. The Bertz CT molecular complexity index is 757. The molecular weight excluding hydrogens is 298 g/mol. The summed E-state index contributed by atoms with van der Waals surface area (Å²) in [4.78, 5) is 0.148. The molecular formula is C14H14ClNO3S. The number of aryl methyl sites for hydroxylation is 2. The van der Waals surface area contributed by atoms with Gasteiger partial charge in [-0.15, -0.1) is 0 Å². The van der Waals surface area contributed by atoms with Crippen molar-refractivity contribution in [2.75, 3.05) is 4.72 Å². The molecule has 0 amide bonds. The highest BCUT2D eigenvalue weighted by Gasteiger charge is 2.16. The molecule has 0 heterocycles. The fourth-order valence-corrected chi connectivity index (χ4v) is 3.00. The molecule has 0 saturated heterocycles. The third-order valence-electron chi connectivity index (χ3n) is 2.99. The van der Waals surface area contributed by atoms with Crippen LogP contribution in [0.5, 0.6) is 5.75 Å². The molecule has 0 radical (unpaired) electrons. The lowest BCUT2D eigenvalue weighted by Gasteiger charge is -2.11. The van der Waals surface area contributed by atoms with Gasteiger partial charge in [0.25, 0.3) is 10.0 Å². The zero-order chi connectivity index (χ0) is 14.9. The third-order valence-corrected chi connectivity index (χ3v) is 4.59. The number of rotatable bonds is 3. The summed E-state index contributed by atoms with van der Waals surface area (Å²) in [5.41, 5.74) is 1.99. The Morgan fingerprint density at radius 1 is 1.05 bits per heavy atom. The molecule has 2 rings (SSSR count). The normalized spacial score (nSPS) is 11.3. The van der Waals surface area contributed by atoms with Crippen LogP contribution < -0.4 is 4.72 Å². The maximum absolute atomic E-state index is 12.2. The van der Waals surface area contributed by atoms with Crippen LogP contribution in [0.2, 0.25) is 5.02 Å². The third kappa shape index (κ3) is 3.05. The lowest BCUT2D eigenvalue weighted by atomic mass is 10.1. The van der Waals surface area contributed by atoms with Gasteiger partial charge in [-0.2, -0.15) is 0 Å². The molecule has 2 N–H and O–H groups in total. The van der Waals surface area contributed by atoms with Gasteiger partial charge in [-0.3, -0.25) is 4.72 Å². The van der Waals surface area contributed by atoms with Gasteiger partial charge < -0.3 is 5.11 Å². The molecule has 0 unspecified atom stereocenters. The molecule has 0 bridgehead atoms. The number of anilines is 1. The zero-order valence-corrected chi connectivity index (χ0v) is 12.6. The van der Waals surface area contributed by atoms with Crippen LogP contribution in [-0.4, -0.2) is 13.5 Å². The second kappa shape index (κ2) is 5.34. The molecule has 20 heavy (non-hydrogen) atoms. The van der Waals surface area contributed by atoms with Crippen LogP contribution in [0.3, 0.4) is 0 Å². The number of benzene rings is 2. The van der Waals surface area contributed by atoms with Crippen molar-refractivity contribution in [2.45, 2.75) is 18.7 Å². The predicted octanol–water partition coefficient (Wildman–Crippen LogP) is 3.46. The molecule has 4 nitrogen and oxygen atoms in total. The summed E-state index contributed by atoms with van der Waals surface area (Å²) in [5.74, 6) is -0.218. The lowest BCUT2D eigenvalue weighted by Crippen LogP contribution is -2.13. The highest BCUT2D eigenvalue weighted by atomic mass is 35.5. The van der Waals surface area contributed by atoms with E-state index in [1.807, 2.05) is 13.8 Å². The smallest absolute Gasteiger partial charge is 0.262 e. The first kappa shape index (κ1) is 14.7. The summed E-state index contributed by atoms with van der Waals surface area (Å²) >= 11 is 5.71. The Morgan fingerprint density at radius 3 is 2.35 bits per heavy atom. The molecule has 0 atom stereocenters. The number of aromatic hydroxyl groups is 1. The molecule has 6 heteroatoms. The number of sulfonamides is 1. The summed E-state index contributed by atoms with van der Waals surface area (Å²) < 4.78 is 26.8. The van der Waals surface area contributed by atoms with E-state index < -0.39 is 10.0 Å². The molecule has 0 aliphatic carbocycles. The van der Waals surface area contributed by atoms with Gasteiger partial charge in [0.2, 0.25) is 0 Å². The maximum atomic E-state index is 12.2. The molecule has 0 spiro atoms. The van der Waals surface area contributed by atoms with Crippen LogP contribution in [0, 0.1) is 13.8 Å². The first-order valence-electron chi connectivity index (χ1n) is 5.88. The number of phenolic OH excluding ortho intramolecular Hbond substituents is 1. The Labute approximate surface area is 123 Å². The summed E-state index contributed by atoms with van der Waals surface area (Å²) in [5, 5.41) is 10.0. The fraction of sp³-hybridized carbons (Fsp3) is 0.143. The van der Waals surface area contributed by atoms with E-state index in [0.29, 0.717) is 5.02 Å². The minimum absolute atomic E-state index is 0.0904. The van der Waals surface area contributed by atoms with Gasteiger partial charge in [-0.05, 0) is 49.2 Å². The van der Waals surface area contributed by atoms with Crippen LogP contribution in [0.4, 0.5) is 5.69 Å². The largest absolute Gasteiger partial charge is 0.506 e. The number of hydrogen-bond acceptors (Lipinski definition) is 3. The van der Waals surface area contributed by atoms with Crippen molar-refractivity contribution < 1.29 is 13.5 Å². The summed E-state index contributed by atoms with van der Waals surface area (Å²) in [6.07, 6.45) is 0. The molecule has 106 valence electrons. The summed E-state index contributed by atoms with van der Waals surface area (Å²) in [6.45, 7) is 3.75. The van der Waals surface area contributed by atoms with Crippen molar-refractivity contribution in [3.05, 3.63) is 52.5 Å². The van der Waals surface area contributed by atoms with E-state index in [1.54, 1.807) is 12.1 Å². The Balaban J connectivity index is 2.38. The topological polar surface area (TPSA) is 66.4 Å². The molecule has 0 saturated carbocycles. The molecule has 0 aliphatic heterocycles. The summed E-state index contributed by atoms with van der Waals surface area (Å²) in [7, 11) is -3.74. The van der Waals surface area contributed by atoms with Gasteiger partial charge in [-0.1, -0.05) is 17.7 Å². The van der Waals surface area contributed by atoms with E-state index in [-0.39, 0.29) is 16.3 Å². The number of phenols is 1. The van der Waals surface area contributed by atoms with Crippen LogP contribution in [0.1, 0.15) is 11.1 Å². The quantitative estimate of drug-likeness (QED) is 0.853. The highest BCUT2D eigenvalue weighted by Crippen LogP contribution is 2.29. The first-order chi connectivity index (χ1) is 9.29. The second-order valence-electron chi connectivity index (χ2n) is 4.51. The van der Waals surface area contributed by atoms with Crippen molar-refractivity contribution in [3.63, 3.8) is 0 Å². The van der Waals surface area contributed by atoms with Gasteiger partial charge in [0.1, 0.15) is 5.75 Å². The van der Waals surface area contributed by atoms with Crippen LogP contribution in [-0.2, 0) is 10.0 Å². The monoisotopic (exact) mass is 311 g/mol. The second-order valence-corrected chi connectivity index (χ2v) is 6.63. The first-order valence-corrected chi connectivity index (χ1v) is 7.74. The fourth-order valence-electron chi connectivity index (χ4n) is 1.68. The summed E-state index contributed by atoms with van der Waals surface area (Å²) in [6, 6.07) is 9.05. The van der Waals surface area contributed by atoms with E-state index in [1.165, 1.54) is 24.3 Å². The Morgan fingerprint density at radius 2 is 1.75 bits per heavy atom.